The molecule has 1 saturated carbocycles. The normalized spacial score (nSPS) is 18.2. The molecule has 0 aliphatic heterocycles. The van der Waals surface area contributed by atoms with Crippen molar-refractivity contribution in [1.82, 2.24) is 0 Å². The second-order valence-corrected chi connectivity index (χ2v) is 7.59. The van der Waals surface area contributed by atoms with Gasteiger partial charge in [-0.25, -0.2) is 4.79 Å². The summed E-state index contributed by atoms with van der Waals surface area (Å²) in [7, 11) is 1.33. The fourth-order valence-corrected chi connectivity index (χ4v) is 4.04. The van der Waals surface area contributed by atoms with Crippen molar-refractivity contribution in [3.8, 4) is 0 Å². The lowest BCUT2D eigenvalue weighted by molar-refractivity contribution is 0.0601. The average Bonchev–Trinajstić information content (AvgIpc) is 3.50. The highest BCUT2D eigenvalue weighted by Crippen LogP contribution is 2.55. The molecule has 1 aliphatic rings. The van der Waals surface area contributed by atoms with E-state index in [1.807, 2.05) is 0 Å². The molecular weight excluding hydrogens is 352 g/mol. The first-order valence-electron chi connectivity index (χ1n) is 9.78. The smallest absolute Gasteiger partial charge is 0.337 e. The van der Waals surface area contributed by atoms with E-state index in [-0.39, 0.29) is 11.3 Å². The summed E-state index contributed by atoms with van der Waals surface area (Å²) in [6.07, 6.45) is 2.53. The number of hydrogen-bond donors (Lipinski definition) is 0. The molecule has 0 radical (unpaired) electrons. The molecule has 4 heteroatoms. The van der Waals surface area contributed by atoms with Crippen molar-refractivity contribution in [3.63, 3.8) is 0 Å². The summed E-state index contributed by atoms with van der Waals surface area (Å²) in [6, 6.07) is 13.5. The van der Waals surface area contributed by atoms with Crippen LogP contribution in [0.15, 0.2) is 51.7 Å². The largest absolute Gasteiger partial charge is 0.465 e. The first kappa shape index (κ1) is 18.5. The van der Waals surface area contributed by atoms with Gasteiger partial charge in [0.25, 0.3) is 0 Å². The topological polar surface area (TPSA) is 56.5 Å². The number of fused-ring (bicyclic) bond motifs is 1. The standard InChI is InChI=1S/C24H24O4/c1-4-6-17-22(25)20-12-16(24(26)27-3)9-10-21(20)28-23(17)19-13-18(19)15-8-5-7-14(2)11-15/h5,7-12,18-19H,4,6,13H2,1-3H3. The first-order valence-corrected chi connectivity index (χ1v) is 9.78. The van der Waals surface area contributed by atoms with Crippen LogP contribution in [-0.4, -0.2) is 13.1 Å². The molecule has 2 atom stereocenters. The summed E-state index contributed by atoms with van der Waals surface area (Å²) < 4.78 is 11.0. The minimum Gasteiger partial charge on any atom is -0.465 e. The van der Waals surface area contributed by atoms with Crippen LogP contribution in [0.2, 0.25) is 0 Å². The van der Waals surface area contributed by atoms with Crippen molar-refractivity contribution in [3.05, 3.63) is 80.7 Å². The van der Waals surface area contributed by atoms with E-state index in [2.05, 4.69) is 38.1 Å². The van der Waals surface area contributed by atoms with Gasteiger partial charge in [-0.05, 0) is 49.4 Å². The monoisotopic (exact) mass is 376 g/mol. The Kier molecular flexibility index (Phi) is 4.80. The molecule has 0 saturated heterocycles. The molecule has 0 bridgehead atoms. The Morgan fingerprint density at radius 1 is 1.18 bits per heavy atom. The Labute approximate surface area is 164 Å². The van der Waals surface area contributed by atoms with Gasteiger partial charge in [-0.1, -0.05) is 43.2 Å². The molecule has 4 rings (SSSR count). The summed E-state index contributed by atoms with van der Waals surface area (Å²) >= 11 is 0. The molecule has 0 amide bonds. The number of rotatable bonds is 5. The molecule has 1 fully saturated rings. The zero-order chi connectivity index (χ0) is 19.8. The van der Waals surface area contributed by atoms with Crippen LogP contribution in [0.1, 0.15) is 64.4 Å². The highest BCUT2D eigenvalue weighted by Gasteiger charge is 2.43. The molecule has 4 nitrogen and oxygen atoms in total. The van der Waals surface area contributed by atoms with Crippen LogP contribution in [-0.2, 0) is 11.2 Å². The van der Waals surface area contributed by atoms with Crippen LogP contribution in [0.4, 0.5) is 0 Å². The molecular formula is C24H24O4. The van der Waals surface area contributed by atoms with E-state index in [9.17, 15) is 9.59 Å². The number of esters is 1. The van der Waals surface area contributed by atoms with E-state index in [1.165, 1.54) is 18.2 Å². The van der Waals surface area contributed by atoms with Crippen molar-refractivity contribution in [2.45, 2.75) is 44.9 Å². The van der Waals surface area contributed by atoms with E-state index in [4.69, 9.17) is 9.15 Å². The van der Waals surface area contributed by atoms with Crippen LogP contribution in [0.5, 0.6) is 0 Å². The predicted molar refractivity (Wildman–Crippen MR) is 109 cm³/mol. The Balaban J connectivity index is 1.79. The molecule has 2 aromatic carbocycles. The number of carbonyl (C=O) groups excluding carboxylic acids is 1. The van der Waals surface area contributed by atoms with Gasteiger partial charge in [0.1, 0.15) is 11.3 Å². The Hall–Kier alpha value is -2.88. The van der Waals surface area contributed by atoms with Gasteiger partial charge in [-0.2, -0.15) is 0 Å². The number of carbonyl (C=O) groups is 1. The Bertz CT molecular complexity index is 1110. The second kappa shape index (κ2) is 7.27. The number of benzene rings is 2. The SMILES string of the molecule is CCCc1c(C2CC2c2cccc(C)c2)oc2ccc(C(=O)OC)cc2c1=O. The quantitative estimate of drug-likeness (QED) is 0.581. The van der Waals surface area contributed by atoms with Gasteiger partial charge in [0.15, 0.2) is 5.43 Å². The zero-order valence-electron chi connectivity index (χ0n) is 16.5. The minimum atomic E-state index is -0.455. The average molecular weight is 376 g/mol. The van der Waals surface area contributed by atoms with Gasteiger partial charge in [0, 0.05) is 11.5 Å². The fourth-order valence-electron chi connectivity index (χ4n) is 4.04. The molecule has 0 spiro atoms. The summed E-state index contributed by atoms with van der Waals surface area (Å²) in [5.41, 5.74) is 4.16. The minimum absolute atomic E-state index is 0.0289. The van der Waals surface area contributed by atoms with Crippen molar-refractivity contribution < 1.29 is 13.9 Å². The van der Waals surface area contributed by atoms with Crippen molar-refractivity contribution in [1.29, 1.82) is 0 Å². The highest BCUT2D eigenvalue weighted by atomic mass is 16.5. The maximum Gasteiger partial charge on any atom is 0.337 e. The summed E-state index contributed by atoms with van der Waals surface area (Å²) in [5, 5.41) is 0.447. The fraction of sp³-hybridized carbons (Fsp3) is 0.333. The lowest BCUT2D eigenvalue weighted by Crippen LogP contribution is -2.13. The molecule has 0 N–H and O–H groups in total. The zero-order valence-corrected chi connectivity index (χ0v) is 16.5. The van der Waals surface area contributed by atoms with E-state index >= 15 is 0 Å². The van der Waals surface area contributed by atoms with Gasteiger partial charge >= 0.3 is 5.97 Å². The lowest BCUT2D eigenvalue weighted by Gasteiger charge is -2.10. The molecule has 1 aromatic heterocycles. The lowest BCUT2D eigenvalue weighted by atomic mass is 10.00. The van der Waals surface area contributed by atoms with E-state index in [1.54, 1.807) is 18.2 Å². The molecule has 1 heterocycles. The Morgan fingerprint density at radius 3 is 2.71 bits per heavy atom. The number of methoxy groups -OCH3 is 1. The van der Waals surface area contributed by atoms with Gasteiger partial charge in [-0.3, -0.25) is 4.79 Å². The summed E-state index contributed by atoms with van der Waals surface area (Å²) in [4.78, 5) is 25.1. The maximum absolute atomic E-state index is 13.2. The van der Waals surface area contributed by atoms with E-state index in [0.717, 1.165) is 24.2 Å². The molecule has 1 aliphatic carbocycles. The third kappa shape index (κ3) is 3.24. The van der Waals surface area contributed by atoms with Crippen LogP contribution >= 0.6 is 0 Å². The summed E-state index contributed by atoms with van der Waals surface area (Å²) in [5.74, 6) is 0.993. The number of aryl methyl sites for hydroxylation is 1. The Morgan fingerprint density at radius 2 is 2.00 bits per heavy atom. The first-order chi connectivity index (χ1) is 13.5. The third-order valence-electron chi connectivity index (χ3n) is 5.53. The van der Waals surface area contributed by atoms with Crippen LogP contribution in [0, 0.1) is 6.92 Å². The predicted octanol–water partition coefficient (Wildman–Crippen LogP) is 5.11. The van der Waals surface area contributed by atoms with Crippen LogP contribution < -0.4 is 5.43 Å². The van der Waals surface area contributed by atoms with Gasteiger partial charge in [0.2, 0.25) is 0 Å². The van der Waals surface area contributed by atoms with E-state index < -0.39 is 5.97 Å². The van der Waals surface area contributed by atoms with Crippen molar-refractivity contribution in [2.75, 3.05) is 7.11 Å². The molecule has 2 unspecified atom stereocenters. The third-order valence-corrected chi connectivity index (χ3v) is 5.53. The second-order valence-electron chi connectivity index (χ2n) is 7.59. The number of ether oxygens (including phenoxy) is 1. The van der Waals surface area contributed by atoms with Crippen molar-refractivity contribution >= 4 is 16.9 Å². The van der Waals surface area contributed by atoms with Crippen LogP contribution in [0.25, 0.3) is 11.0 Å². The number of hydrogen-bond acceptors (Lipinski definition) is 4. The molecule has 3 aromatic rings. The molecule has 144 valence electrons. The van der Waals surface area contributed by atoms with Gasteiger partial charge in [0.05, 0.1) is 18.1 Å². The summed E-state index contributed by atoms with van der Waals surface area (Å²) in [6.45, 7) is 4.15. The maximum atomic E-state index is 13.2. The molecule has 28 heavy (non-hydrogen) atoms. The van der Waals surface area contributed by atoms with Gasteiger partial charge < -0.3 is 9.15 Å². The van der Waals surface area contributed by atoms with E-state index in [0.29, 0.717) is 28.9 Å². The van der Waals surface area contributed by atoms with Crippen LogP contribution in [0.3, 0.4) is 0 Å². The van der Waals surface area contributed by atoms with Crippen molar-refractivity contribution in [2.24, 2.45) is 0 Å². The van der Waals surface area contributed by atoms with Gasteiger partial charge in [-0.15, -0.1) is 0 Å². The highest BCUT2D eigenvalue weighted by molar-refractivity contribution is 5.94.